The van der Waals surface area contributed by atoms with E-state index in [9.17, 15) is 8.42 Å². The van der Waals surface area contributed by atoms with Crippen LogP contribution < -0.4 is 4.31 Å². The lowest BCUT2D eigenvalue weighted by molar-refractivity contribution is 0.584. The maximum absolute atomic E-state index is 11.6. The summed E-state index contributed by atoms with van der Waals surface area (Å²) in [5, 5.41) is 0. The van der Waals surface area contributed by atoms with Crippen LogP contribution in [0.3, 0.4) is 0 Å². The van der Waals surface area contributed by atoms with Crippen LogP contribution in [0, 0.1) is 0 Å². The van der Waals surface area contributed by atoms with Crippen LogP contribution in [0.25, 0.3) is 0 Å². The summed E-state index contributed by atoms with van der Waals surface area (Å²) in [6.07, 6.45) is 2.16. The standard InChI is InChI=1S/C11H15NO2S/c1-9-7-8-12(15(2,13)14)11-6-4-3-5-10(9)11/h3-6,9H,7-8H2,1-2H3. The molecule has 0 aromatic heterocycles. The van der Waals surface area contributed by atoms with Crippen molar-refractivity contribution >= 4 is 15.7 Å². The summed E-state index contributed by atoms with van der Waals surface area (Å²) in [5.41, 5.74) is 1.98. The van der Waals surface area contributed by atoms with Crippen molar-refractivity contribution in [1.29, 1.82) is 0 Å². The van der Waals surface area contributed by atoms with E-state index in [0.717, 1.165) is 17.7 Å². The average Bonchev–Trinajstić information content (AvgIpc) is 2.17. The van der Waals surface area contributed by atoms with Crippen LogP contribution >= 0.6 is 0 Å². The van der Waals surface area contributed by atoms with Crippen LogP contribution in [0.15, 0.2) is 24.3 Å². The van der Waals surface area contributed by atoms with E-state index >= 15 is 0 Å². The van der Waals surface area contributed by atoms with Crippen molar-refractivity contribution in [2.75, 3.05) is 17.1 Å². The van der Waals surface area contributed by atoms with E-state index in [-0.39, 0.29) is 0 Å². The molecule has 0 saturated heterocycles. The highest BCUT2D eigenvalue weighted by Gasteiger charge is 2.26. The molecule has 0 aliphatic carbocycles. The highest BCUT2D eigenvalue weighted by atomic mass is 32.2. The van der Waals surface area contributed by atoms with Crippen molar-refractivity contribution in [1.82, 2.24) is 0 Å². The molecule has 82 valence electrons. The normalized spacial score (nSPS) is 21.2. The summed E-state index contributed by atoms with van der Waals surface area (Å²) >= 11 is 0. The van der Waals surface area contributed by atoms with Gasteiger partial charge in [-0.25, -0.2) is 8.42 Å². The molecule has 1 unspecified atom stereocenters. The molecule has 1 atom stereocenters. The summed E-state index contributed by atoms with van der Waals surface area (Å²) in [7, 11) is -3.13. The molecule has 0 radical (unpaired) electrons. The molecule has 15 heavy (non-hydrogen) atoms. The topological polar surface area (TPSA) is 37.4 Å². The lowest BCUT2D eigenvalue weighted by atomic mass is 9.93. The van der Waals surface area contributed by atoms with E-state index in [2.05, 4.69) is 6.92 Å². The molecule has 1 aromatic carbocycles. The molecule has 1 aliphatic rings. The van der Waals surface area contributed by atoms with Crippen molar-refractivity contribution in [3.63, 3.8) is 0 Å². The largest absolute Gasteiger partial charge is 0.270 e. The fraction of sp³-hybridized carbons (Fsp3) is 0.455. The van der Waals surface area contributed by atoms with Gasteiger partial charge in [0, 0.05) is 6.54 Å². The van der Waals surface area contributed by atoms with Gasteiger partial charge in [-0.3, -0.25) is 4.31 Å². The van der Waals surface area contributed by atoms with Crippen molar-refractivity contribution in [3.05, 3.63) is 29.8 Å². The van der Waals surface area contributed by atoms with Crippen molar-refractivity contribution < 1.29 is 8.42 Å². The van der Waals surface area contributed by atoms with Gasteiger partial charge < -0.3 is 0 Å². The number of para-hydroxylation sites is 1. The van der Waals surface area contributed by atoms with Gasteiger partial charge >= 0.3 is 0 Å². The zero-order chi connectivity index (χ0) is 11.1. The quantitative estimate of drug-likeness (QED) is 0.732. The summed E-state index contributed by atoms with van der Waals surface area (Å²) in [4.78, 5) is 0. The van der Waals surface area contributed by atoms with Gasteiger partial charge in [0.05, 0.1) is 11.9 Å². The molecule has 3 nitrogen and oxygen atoms in total. The fourth-order valence-electron chi connectivity index (χ4n) is 2.06. The van der Waals surface area contributed by atoms with Crippen LogP contribution in [0.2, 0.25) is 0 Å². The van der Waals surface area contributed by atoms with Crippen LogP contribution in [-0.4, -0.2) is 21.2 Å². The number of benzene rings is 1. The Bertz CT molecular complexity index is 467. The number of sulfonamides is 1. The first-order chi connectivity index (χ1) is 7.00. The minimum absolute atomic E-state index is 0.444. The van der Waals surface area contributed by atoms with Gasteiger partial charge in [0.15, 0.2) is 0 Å². The highest BCUT2D eigenvalue weighted by molar-refractivity contribution is 7.92. The summed E-state index contributed by atoms with van der Waals surface area (Å²) in [5.74, 6) is 0.444. The smallest absolute Gasteiger partial charge is 0.232 e. The van der Waals surface area contributed by atoms with Crippen molar-refractivity contribution in [3.8, 4) is 0 Å². The maximum atomic E-state index is 11.6. The third-order valence-electron chi connectivity index (χ3n) is 2.90. The highest BCUT2D eigenvalue weighted by Crippen LogP contribution is 2.35. The molecule has 0 bridgehead atoms. The minimum atomic E-state index is -3.13. The lowest BCUT2D eigenvalue weighted by Gasteiger charge is -2.32. The van der Waals surface area contributed by atoms with Gasteiger partial charge in [-0.15, -0.1) is 0 Å². The molecule has 0 fully saturated rings. The van der Waals surface area contributed by atoms with E-state index in [1.165, 1.54) is 10.6 Å². The molecular weight excluding hydrogens is 210 g/mol. The number of anilines is 1. The Morgan fingerprint density at radius 1 is 1.33 bits per heavy atom. The Hall–Kier alpha value is -1.03. The lowest BCUT2D eigenvalue weighted by Crippen LogP contribution is -2.35. The zero-order valence-corrected chi connectivity index (χ0v) is 9.79. The van der Waals surface area contributed by atoms with Crippen molar-refractivity contribution in [2.24, 2.45) is 0 Å². The van der Waals surface area contributed by atoms with E-state index in [4.69, 9.17) is 0 Å². The predicted octanol–water partition coefficient (Wildman–Crippen LogP) is 1.96. The van der Waals surface area contributed by atoms with Gasteiger partial charge in [0.2, 0.25) is 10.0 Å². The van der Waals surface area contributed by atoms with Crippen LogP contribution in [0.1, 0.15) is 24.8 Å². The first kappa shape index (κ1) is 10.5. The van der Waals surface area contributed by atoms with Gasteiger partial charge in [-0.05, 0) is 24.0 Å². The molecular formula is C11H15NO2S. The average molecular weight is 225 g/mol. The number of hydrogen-bond donors (Lipinski definition) is 0. The van der Waals surface area contributed by atoms with Gasteiger partial charge in [0.1, 0.15) is 0 Å². The van der Waals surface area contributed by atoms with Crippen LogP contribution in [-0.2, 0) is 10.0 Å². The molecule has 0 spiro atoms. The number of hydrogen-bond acceptors (Lipinski definition) is 2. The van der Waals surface area contributed by atoms with E-state index in [1.807, 2.05) is 24.3 Å². The van der Waals surface area contributed by atoms with E-state index in [0.29, 0.717) is 12.5 Å². The molecule has 0 saturated carbocycles. The number of nitrogens with zero attached hydrogens (tertiary/aromatic N) is 1. The Morgan fingerprint density at radius 2 is 2.00 bits per heavy atom. The summed E-state index contributed by atoms with van der Waals surface area (Å²) in [6.45, 7) is 2.73. The second-order valence-corrected chi connectivity index (χ2v) is 5.99. The molecule has 2 rings (SSSR count). The predicted molar refractivity (Wildman–Crippen MR) is 61.7 cm³/mol. The second-order valence-electron chi connectivity index (χ2n) is 4.08. The number of fused-ring (bicyclic) bond motifs is 1. The van der Waals surface area contributed by atoms with Gasteiger partial charge in [0.25, 0.3) is 0 Å². The van der Waals surface area contributed by atoms with E-state index < -0.39 is 10.0 Å². The first-order valence-corrected chi connectivity index (χ1v) is 6.91. The van der Waals surface area contributed by atoms with E-state index in [1.54, 1.807) is 0 Å². The number of rotatable bonds is 1. The van der Waals surface area contributed by atoms with Gasteiger partial charge in [-0.2, -0.15) is 0 Å². The third kappa shape index (κ3) is 1.86. The first-order valence-electron chi connectivity index (χ1n) is 5.07. The molecule has 0 N–H and O–H groups in total. The molecule has 1 aromatic rings. The Kier molecular flexibility index (Phi) is 2.46. The van der Waals surface area contributed by atoms with Crippen LogP contribution in [0.4, 0.5) is 5.69 Å². The summed E-state index contributed by atoms with van der Waals surface area (Å²) < 4.78 is 24.7. The monoisotopic (exact) mass is 225 g/mol. The molecule has 1 heterocycles. The maximum Gasteiger partial charge on any atom is 0.232 e. The Balaban J connectivity index is 2.54. The molecule has 4 heteroatoms. The Labute approximate surface area is 90.8 Å². The molecule has 1 aliphatic heterocycles. The van der Waals surface area contributed by atoms with Crippen LogP contribution in [0.5, 0.6) is 0 Å². The fourth-order valence-corrected chi connectivity index (χ4v) is 3.02. The Morgan fingerprint density at radius 3 is 2.67 bits per heavy atom. The SMILES string of the molecule is CC1CCN(S(C)(=O)=O)c2ccccc21. The van der Waals surface area contributed by atoms with Crippen molar-refractivity contribution in [2.45, 2.75) is 19.3 Å². The third-order valence-corrected chi connectivity index (χ3v) is 4.08. The summed E-state index contributed by atoms with van der Waals surface area (Å²) in [6, 6.07) is 7.74. The minimum Gasteiger partial charge on any atom is -0.270 e. The second kappa shape index (κ2) is 3.52. The molecule has 0 amide bonds. The zero-order valence-electron chi connectivity index (χ0n) is 8.97. The van der Waals surface area contributed by atoms with Gasteiger partial charge in [-0.1, -0.05) is 25.1 Å².